The third-order valence-corrected chi connectivity index (χ3v) is 7.43. The lowest BCUT2D eigenvalue weighted by Gasteiger charge is -2.26. The molecule has 2 fully saturated rings. The topological polar surface area (TPSA) is 114 Å². The molecule has 1 heterocycles. The largest absolute Gasteiger partial charge is 0.489 e. The number of morpholine rings is 1. The first-order valence-electron chi connectivity index (χ1n) is 11.3. The summed E-state index contributed by atoms with van der Waals surface area (Å²) in [7, 11) is -3.74. The first-order chi connectivity index (χ1) is 16.2. The minimum atomic E-state index is -3.74. The lowest BCUT2D eigenvalue weighted by Crippen LogP contribution is -2.40. The van der Waals surface area contributed by atoms with Gasteiger partial charge >= 0.3 is 0 Å². The maximum atomic E-state index is 13.1. The molecule has 2 amide bonds. The number of carbonyl (C=O) groups excluding carboxylic acids is 2. The maximum absolute atomic E-state index is 13.1. The molecule has 10 heteroatoms. The molecule has 0 radical (unpaired) electrons. The second-order valence-electron chi connectivity index (χ2n) is 8.64. The van der Waals surface area contributed by atoms with Crippen molar-refractivity contribution >= 4 is 33.2 Å². The van der Waals surface area contributed by atoms with Gasteiger partial charge in [0.2, 0.25) is 15.9 Å². The summed E-state index contributed by atoms with van der Waals surface area (Å²) in [6, 6.07) is 11.0. The van der Waals surface area contributed by atoms with E-state index in [4.69, 9.17) is 9.47 Å². The second-order valence-corrected chi connectivity index (χ2v) is 10.6. The van der Waals surface area contributed by atoms with Crippen molar-refractivity contribution in [2.75, 3.05) is 36.9 Å². The van der Waals surface area contributed by atoms with E-state index in [9.17, 15) is 18.0 Å². The van der Waals surface area contributed by atoms with Crippen LogP contribution in [0.5, 0.6) is 5.75 Å². The number of rotatable bonds is 8. The van der Waals surface area contributed by atoms with E-state index in [1.54, 1.807) is 30.3 Å². The monoisotopic (exact) mass is 487 g/mol. The van der Waals surface area contributed by atoms with Gasteiger partial charge in [-0.15, -0.1) is 0 Å². The molecule has 0 unspecified atom stereocenters. The van der Waals surface area contributed by atoms with E-state index < -0.39 is 15.9 Å². The van der Waals surface area contributed by atoms with Crippen molar-refractivity contribution in [3.8, 4) is 5.75 Å². The van der Waals surface area contributed by atoms with E-state index >= 15 is 0 Å². The van der Waals surface area contributed by atoms with Crippen molar-refractivity contribution in [3.05, 3.63) is 48.0 Å². The van der Waals surface area contributed by atoms with Crippen LogP contribution in [-0.4, -0.2) is 56.9 Å². The standard InChI is InChI=1S/C24H29N3O6S/c1-16(2)33-22-10-9-20(34(30,31)27-11-13-32-14-12-27)15-21(22)26-24(29)18-5-7-19(8-6-18)25-23(28)17-3-4-17/h5-10,15-17H,3-4,11-14H2,1-2H3,(H,25,28)(H,26,29). The zero-order valence-electron chi connectivity index (χ0n) is 19.2. The summed E-state index contributed by atoms with van der Waals surface area (Å²) in [5.41, 5.74) is 1.25. The Morgan fingerprint density at radius 3 is 2.32 bits per heavy atom. The summed E-state index contributed by atoms with van der Waals surface area (Å²) in [4.78, 5) is 24.9. The van der Waals surface area contributed by atoms with Gasteiger partial charge in [0, 0.05) is 30.3 Å². The van der Waals surface area contributed by atoms with Gasteiger partial charge < -0.3 is 20.1 Å². The highest BCUT2D eigenvalue weighted by molar-refractivity contribution is 7.89. The van der Waals surface area contributed by atoms with Crippen LogP contribution in [0, 0.1) is 5.92 Å². The third kappa shape index (κ3) is 5.75. The first kappa shape index (κ1) is 24.2. The molecular weight excluding hydrogens is 458 g/mol. The van der Waals surface area contributed by atoms with Crippen molar-refractivity contribution in [3.63, 3.8) is 0 Å². The van der Waals surface area contributed by atoms with Crippen LogP contribution in [0.1, 0.15) is 37.0 Å². The number of amides is 2. The van der Waals surface area contributed by atoms with E-state index in [1.807, 2.05) is 13.8 Å². The van der Waals surface area contributed by atoms with Gasteiger partial charge in [-0.1, -0.05) is 0 Å². The minimum Gasteiger partial charge on any atom is -0.489 e. The van der Waals surface area contributed by atoms with Crippen LogP contribution in [0.15, 0.2) is 47.4 Å². The number of nitrogens with zero attached hydrogens (tertiary/aromatic N) is 1. The molecule has 2 N–H and O–H groups in total. The Kier molecular flexibility index (Phi) is 7.20. The normalized spacial score (nSPS) is 16.8. The Morgan fingerprint density at radius 2 is 1.71 bits per heavy atom. The van der Waals surface area contributed by atoms with Gasteiger partial charge in [-0.2, -0.15) is 4.31 Å². The van der Waals surface area contributed by atoms with Crippen LogP contribution in [0.2, 0.25) is 0 Å². The highest BCUT2D eigenvalue weighted by atomic mass is 32.2. The summed E-state index contributed by atoms with van der Waals surface area (Å²) in [6.45, 7) is 4.93. The summed E-state index contributed by atoms with van der Waals surface area (Å²) in [5.74, 6) is 0.0292. The van der Waals surface area contributed by atoms with Crippen molar-refractivity contribution < 1.29 is 27.5 Å². The van der Waals surface area contributed by atoms with Crippen molar-refractivity contribution in [1.82, 2.24) is 4.31 Å². The number of hydrogen-bond donors (Lipinski definition) is 2. The summed E-state index contributed by atoms with van der Waals surface area (Å²) in [5, 5.41) is 5.61. The van der Waals surface area contributed by atoms with E-state index in [-0.39, 0.29) is 41.6 Å². The smallest absolute Gasteiger partial charge is 0.255 e. The van der Waals surface area contributed by atoms with Gasteiger partial charge in [0.15, 0.2) is 0 Å². The van der Waals surface area contributed by atoms with E-state index in [0.29, 0.717) is 30.2 Å². The van der Waals surface area contributed by atoms with Gasteiger partial charge in [-0.05, 0) is 69.2 Å². The number of sulfonamides is 1. The Balaban J connectivity index is 1.54. The Hall–Kier alpha value is -2.95. The quantitative estimate of drug-likeness (QED) is 0.592. The maximum Gasteiger partial charge on any atom is 0.255 e. The van der Waals surface area contributed by atoms with Gasteiger partial charge in [0.25, 0.3) is 5.91 Å². The van der Waals surface area contributed by atoms with Crippen LogP contribution < -0.4 is 15.4 Å². The molecule has 4 rings (SSSR count). The molecule has 2 aliphatic rings. The predicted molar refractivity (Wildman–Crippen MR) is 128 cm³/mol. The summed E-state index contributed by atoms with van der Waals surface area (Å²) >= 11 is 0. The lowest BCUT2D eigenvalue weighted by molar-refractivity contribution is -0.117. The average Bonchev–Trinajstić information content (AvgIpc) is 3.66. The number of ether oxygens (including phenoxy) is 2. The van der Waals surface area contributed by atoms with E-state index in [0.717, 1.165) is 12.8 Å². The van der Waals surface area contributed by atoms with Crippen LogP contribution in [0.25, 0.3) is 0 Å². The molecule has 9 nitrogen and oxygen atoms in total. The molecule has 0 atom stereocenters. The molecule has 2 aromatic rings. The number of benzene rings is 2. The van der Waals surface area contributed by atoms with Crippen LogP contribution in [0.3, 0.4) is 0 Å². The van der Waals surface area contributed by atoms with Gasteiger partial charge in [-0.3, -0.25) is 9.59 Å². The van der Waals surface area contributed by atoms with Crippen LogP contribution in [0.4, 0.5) is 11.4 Å². The fourth-order valence-electron chi connectivity index (χ4n) is 3.55. The molecule has 0 aromatic heterocycles. The Labute approximate surface area is 199 Å². The van der Waals surface area contributed by atoms with Gasteiger partial charge in [-0.25, -0.2) is 8.42 Å². The fourth-order valence-corrected chi connectivity index (χ4v) is 4.98. The first-order valence-corrected chi connectivity index (χ1v) is 12.8. The molecule has 2 aromatic carbocycles. The number of anilines is 2. The Morgan fingerprint density at radius 1 is 1.03 bits per heavy atom. The minimum absolute atomic E-state index is 0.00836. The number of nitrogens with one attached hydrogen (secondary N) is 2. The predicted octanol–water partition coefficient (Wildman–Crippen LogP) is 3.10. The van der Waals surface area contributed by atoms with Crippen molar-refractivity contribution in [2.45, 2.75) is 37.7 Å². The zero-order chi connectivity index (χ0) is 24.3. The fraction of sp³-hybridized carbons (Fsp3) is 0.417. The second kappa shape index (κ2) is 10.1. The molecular formula is C24H29N3O6S. The third-order valence-electron chi connectivity index (χ3n) is 5.53. The molecule has 0 spiro atoms. The van der Waals surface area contributed by atoms with Crippen LogP contribution in [-0.2, 0) is 19.6 Å². The SMILES string of the molecule is CC(C)Oc1ccc(S(=O)(=O)N2CCOCC2)cc1NC(=O)c1ccc(NC(=O)C2CC2)cc1. The number of carbonyl (C=O) groups is 2. The molecule has 1 saturated carbocycles. The van der Waals surface area contributed by atoms with Gasteiger partial charge in [0.1, 0.15) is 5.75 Å². The Bertz CT molecular complexity index is 1150. The van der Waals surface area contributed by atoms with E-state index in [1.165, 1.54) is 16.4 Å². The highest BCUT2D eigenvalue weighted by Crippen LogP contribution is 2.32. The molecule has 182 valence electrons. The average molecular weight is 488 g/mol. The summed E-state index contributed by atoms with van der Waals surface area (Å²) in [6.07, 6.45) is 1.65. The molecule has 0 bridgehead atoms. The zero-order valence-corrected chi connectivity index (χ0v) is 20.1. The lowest BCUT2D eigenvalue weighted by atomic mass is 10.1. The summed E-state index contributed by atoms with van der Waals surface area (Å²) < 4.78 is 38.6. The molecule has 1 aliphatic carbocycles. The van der Waals surface area contributed by atoms with E-state index in [2.05, 4.69) is 10.6 Å². The van der Waals surface area contributed by atoms with Crippen molar-refractivity contribution in [1.29, 1.82) is 0 Å². The van der Waals surface area contributed by atoms with Crippen molar-refractivity contribution in [2.24, 2.45) is 5.92 Å². The molecule has 34 heavy (non-hydrogen) atoms. The highest BCUT2D eigenvalue weighted by Gasteiger charge is 2.30. The van der Waals surface area contributed by atoms with Crippen LogP contribution >= 0.6 is 0 Å². The van der Waals surface area contributed by atoms with Gasteiger partial charge in [0.05, 0.1) is 29.9 Å². The number of hydrogen-bond acceptors (Lipinski definition) is 6. The molecule has 1 aliphatic heterocycles. The molecule has 1 saturated heterocycles.